The maximum Gasteiger partial charge on any atom is 0.262 e. The fourth-order valence-corrected chi connectivity index (χ4v) is 3.46. The molecule has 1 N–H and O–H groups in total. The summed E-state index contributed by atoms with van der Waals surface area (Å²) in [5.41, 5.74) is 3.27. The Morgan fingerprint density at radius 1 is 0.931 bits per heavy atom. The summed E-state index contributed by atoms with van der Waals surface area (Å²) in [5.74, 6) is 1.54. The van der Waals surface area contributed by atoms with Crippen LogP contribution >= 0.6 is 0 Å². The molecule has 1 atom stereocenters. The van der Waals surface area contributed by atoms with Gasteiger partial charge < -0.3 is 14.8 Å². The minimum Gasteiger partial charge on any atom is -0.497 e. The molecule has 1 heterocycles. The molecule has 0 aromatic heterocycles. The molecule has 3 aromatic rings. The van der Waals surface area contributed by atoms with E-state index in [-0.39, 0.29) is 12.1 Å². The van der Waals surface area contributed by atoms with E-state index in [9.17, 15) is 4.79 Å². The first kappa shape index (κ1) is 18.9. The summed E-state index contributed by atoms with van der Waals surface area (Å²) in [6.45, 7) is 2.76. The van der Waals surface area contributed by atoms with Crippen LogP contribution in [0.5, 0.6) is 11.5 Å². The summed E-state index contributed by atoms with van der Waals surface area (Å²) in [5, 5.41) is 3.52. The second-order valence-corrected chi connectivity index (χ2v) is 6.88. The zero-order valence-electron chi connectivity index (χ0n) is 16.6. The molecule has 0 aliphatic carbocycles. The molecule has 1 unspecified atom stereocenters. The van der Waals surface area contributed by atoms with Crippen molar-refractivity contribution in [2.24, 2.45) is 0 Å². The van der Waals surface area contributed by atoms with Crippen LogP contribution in [0.1, 0.15) is 35.4 Å². The third-order valence-electron chi connectivity index (χ3n) is 4.95. The van der Waals surface area contributed by atoms with E-state index < -0.39 is 0 Å². The second kappa shape index (κ2) is 8.27. The predicted molar refractivity (Wildman–Crippen MR) is 115 cm³/mol. The number of methoxy groups -OCH3 is 1. The molecule has 0 radical (unpaired) electrons. The number of amides is 1. The number of hydrogen-bond donors (Lipinski definition) is 1. The van der Waals surface area contributed by atoms with Gasteiger partial charge in [0.05, 0.1) is 19.3 Å². The van der Waals surface area contributed by atoms with Crippen LogP contribution in [-0.4, -0.2) is 19.6 Å². The molecule has 0 saturated carbocycles. The molecule has 0 fully saturated rings. The number of carbonyl (C=O) groups is 1. The second-order valence-electron chi connectivity index (χ2n) is 6.88. The lowest BCUT2D eigenvalue weighted by atomic mass is 10.0. The summed E-state index contributed by atoms with van der Waals surface area (Å²) < 4.78 is 11.0. The lowest BCUT2D eigenvalue weighted by Crippen LogP contribution is -2.43. The summed E-state index contributed by atoms with van der Waals surface area (Å²) in [4.78, 5) is 15.2. The average Bonchev–Trinajstić information content (AvgIpc) is 2.78. The SMILES string of the molecule is CCCOc1ccc(C2Nc3ccccc3C(=O)N2c2ccc(OC)cc2)cc1. The maximum absolute atomic E-state index is 13.4. The Morgan fingerprint density at radius 3 is 2.31 bits per heavy atom. The number of para-hydroxylation sites is 1. The van der Waals surface area contributed by atoms with Crippen molar-refractivity contribution < 1.29 is 14.3 Å². The lowest BCUT2D eigenvalue weighted by Gasteiger charge is -2.38. The van der Waals surface area contributed by atoms with E-state index in [1.807, 2.05) is 72.8 Å². The Kier molecular flexibility index (Phi) is 5.38. The third-order valence-corrected chi connectivity index (χ3v) is 4.95. The molecule has 5 heteroatoms. The van der Waals surface area contributed by atoms with Gasteiger partial charge in [-0.05, 0) is 60.5 Å². The van der Waals surface area contributed by atoms with E-state index in [1.165, 1.54) is 0 Å². The van der Waals surface area contributed by atoms with Gasteiger partial charge in [0.1, 0.15) is 17.7 Å². The van der Waals surface area contributed by atoms with Crippen LogP contribution < -0.4 is 19.7 Å². The standard InChI is InChI=1S/C24H24N2O3/c1-3-16-29-20-12-8-17(9-13-20)23-25-22-7-5-4-6-21(22)24(27)26(23)18-10-14-19(28-2)15-11-18/h4-15,23,25H,3,16H2,1-2H3. The number of nitrogens with zero attached hydrogens (tertiary/aromatic N) is 1. The maximum atomic E-state index is 13.4. The molecule has 1 aliphatic rings. The van der Waals surface area contributed by atoms with Gasteiger partial charge in [0.25, 0.3) is 5.91 Å². The fourth-order valence-electron chi connectivity index (χ4n) is 3.46. The van der Waals surface area contributed by atoms with Crippen molar-refractivity contribution >= 4 is 17.3 Å². The first-order chi connectivity index (χ1) is 14.2. The van der Waals surface area contributed by atoms with Crippen molar-refractivity contribution in [1.82, 2.24) is 0 Å². The van der Waals surface area contributed by atoms with Gasteiger partial charge in [0.2, 0.25) is 0 Å². The molecule has 5 nitrogen and oxygen atoms in total. The zero-order chi connectivity index (χ0) is 20.2. The Morgan fingerprint density at radius 2 is 1.62 bits per heavy atom. The van der Waals surface area contributed by atoms with E-state index in [0.717, 1.165) is 34.9 Å². The van der Waals surface area contributed by atoms with Crippen LogP contribution in [0.15, 0.2) is 72.8 Å². The average molecular weight is 388 g/mol. The van der Waals surface area contributed by atoms with Gasteiger partial charge in [-0.1, -0.05) is 31.2 Å². The number of carbonyl (C=O) groups excluding carboxylic acids is 1. The number of ether oxygens (including phenoxy) is 2. The van der Waals surface area contributed by atoms with Crippen LogP contribution in [0.25, 0.3) is 0 Å². The molecule has 0 saturated heterocycles. The first-order valence-corrected chi connectivity index (χ1v) is 9.77. The molecule has 1 aliphatic heterocycles. The number of fused-ring (bicyclic) bond motifs is 1. The van der Waals surface area contributed by atoms with E-state index in [0.29, 0.717) is 12.2 Å². The van der Waals surface area contributed by atoms with Gasteiger partial charge in [0, 0.05) is 11.4 Å². The molecule has 148 valence electrons. The smallest absolute Gasteiger partial charge is 0.262 e. The van der Waals surface area contributed by atoms with E-state index in [4.69, 9.17) is 9.47 Å². The Labute approximate surface area is 170 Å². The monoisotopic (exact) mass is 388 g/mol. The van der Waals surface area contributed by atoms with Crippen LogP contribution in [0, 0.1) is 0 Å². The van der Waals surface area contributed by atoms with E-state index in [1.54, 1.807) is 12.0 Å². The largest absolute Gasteiger partial charge is 0.497 e. The Bertz CT molecular complexity index is 984. The molecule has 4 rings (SSSR count). The minimum atomic E-state index is -0.328. The summed E-state index contributed by atoms with van der Waals surface area (Å²) >= 11 is 0. The summed E-state index contributed by atoms with van der Waals surface area (Å²) in [6.07, 6.45) is 0.633. The van der Waals surface area contributed by atoms with Crippen LogP contribution in [0.4, 0.5) is 11.4 Å². The van der Waals surface area contributed by atoms with Crippen LogP contribution in [0.3, 0.4) is 0 Å². The number of anilines is 2. The van der Waals surface area contributed by atoms with Gasteiger partial charge in [-0.3, -0.25) is 9.69 Å². The van der Waals surface area contributed by atoms with Crippen molar-refractivity contribution in [3.8, 4) is 11.5 Å². The third kappa shape index (κ3) is 3.76. The van der Waals surface area contributed by atoms with Gasteiger partial charge >= 0.3 is 0 Å². The van der Waals surface area contributed by atoms with Crippen LogP contribution in [-0.2, 0) is 0 Å². The molecule has 0 spiro atoms. The zero-order valence-corrected chi connectivity index (χ0v) is 16.6. The number of hydrogen-bond acceptors (Lipinski definition) is 4. The molecule has 0 bridgehead atoms. The van der Waals surface area contributed by atoms with Crippen molar-refractivity contribution in [3.63, 3.8) is 0 Å². The Hall–Kier alpha value is -3.47. The van der Waals surface area contributed by atoms with Gasteiger partial charge in [-0.25, -0.2) is 0 Å². The van der Waals surface area contributed by atoms with Crippen LogP contribution in [0.2, 0.25) is 0 Å². The number of rotatable bonds is 6. The highest BCUT2D eigenvalue weighted by molar-refractivity contribution is 6.12. The molecular weight excluding hydrogens is 364 g/mol. The van der Waals surface area contributed by atoms with E-state index in [2.05, 4.69) is 12.2 Å². The van der Waals surface area contributed by atoms with Crippen molar-refractivity contribution in [1.29, 1.82) is 0 Å². The summed E-state index contributed by atoms with van der Waals surface area (Å²) in [6, 6.07) is 23.0. The Balaban J connectivity index is 1.73. The number of nitrogens with one attached hydrogen (secondary N) is 1. The van der Waals surface area contributed by atoms with E-state index >= 15 is 0 Å². The molecule has 29 heavy (non-hydrogen) atoms. The van der Waals surface area contributed by atoms with Crippen molar-refractivity contribution in [2.75, 3.05) is 23.9 Å². The van der Waals surface area contributed by atoms with Gasteiger partial charge in [-0.15, -0.1) is 0 Å². The highest BCUT2D eigenvalue weighted by atomic mass is 16.5. The predicted octanol–water partition coefficient (Wildman–Crippen LogP) is 5.26. The van der Waals surface area contributed by atoms with Crippen molar-refractivity contribution in [2.45, 2.75) is 19.5 Å². The quantitative estimate of drug-likeness (QED) is 0.626. The topological polar surface area (TPSA) is 50.8 Å². The lowest BCUT2D eigenvalue weighted by molar-refractivity contribution is 0.0975. The molecular formula is C24H24N2O3. The summed E-state index contributed by atoms with van der Waals surface area (Å²) in [7, 11) is 1.63. The molecule has 1 amide bonds. The molecule has 3 aromatic carbocycles. The first-order valence-electron chi connectivity index (χ1n) is 9.77. The highest BCUT2D eigenvalue weighted by Crippen LogP contribution is 2.37. The highest BCUT2D eigenvalue weighted by Gasteiger charge is 2.33. The number of benzene rings is 3. The fraction of sp³-hybridized carbons (Fsp3) is 0.208. The van der Waals surface area contributed by atoms with Gasteiger partial charge in [-0.2, -0.15) is 0 Å². The van der Waals surface area contributed by atoms with Crippen molar-refractivity contribution in [3.05, 3.63) is 83.9 Å². The normalized spacial score (nSPS) is 15.4. The minimum absolute atomic E-state index is 0.0409. The van der Waals surface area contributed by atoms with Gasteiger partial charge in [0.15, 0.2) is 0 Å².